The van der Waals surface area contributed by atoms with E-state index in [-0.39, 0.29) is 12.6 Å². The maximum absolute atomic E-state index is 11.7. The zero-order valence-electron chi connectivity index (χ0n) is 15.8. The van der Waals surface area contributed by atoms with Crippen molar-refractivity contribution < 1.29 is 19.4 Å². The van der Waals surface area contributed by atoms with E-state index in [1.807, 2.05) is 6.07 Å². The second-order valence-corrected chi connectivity index (χ2v) is 7.02. The van der Waals surface area contributed by atoms with E-state index in [0.29, 0.717) is 30.8 Å². The van der Waals surface area contributed by atoms with Gasteiger partial charge in [-0.05, 0) is 49.6 Å². The average Bonchev–Trinajstić information content (AvgIpc) is 2.70. The summed E-state index contributed by atoms with van der Waals surface area (Å²) in [5.74, 6) is 0.302. The van der Waals surface area contributed by atoms with E-state index in [0.717, 1.165) is 19.6 Å². The lowest BCUT2D eigenvalue weighted by Gasteiger charge is -2.38. The van der Waals surface area contributed by atoms with E-state index >= 15 is 0 Å². The van der Waals surface area contributed by atoms with E-state index in [2.05, 4.69) is 29.2 Å². The summed E-state index contributed by atoms with van der Waals surface area (Å²) in [4.78, 5) is 14.0. The molecule has 0 atom stereocenters. The highest BCUT2D eigenvalue weighted by Gasteiger charge is 2.33. The van der Waals surface area contributed by atoms with Gasteiger partial charge in [0.1, 0.15) is 18.0 Å². The SMILES string of the molecule is CCOC(=O)c1ccc(OCC2(O)CCN(Cc3ccccc3)CC2)cc1. The molecule has 144 valence electrons. The number of esters is 1. The Morgan fingerprint density at radius 2 is 1.74 bits per heavy atom. The number of aliphatic hydroxyl groups is 1. The van der Waals surface area contributed by atoms with Gasteiger partial charge in [-0.3, -0.25) is 4.90 Å². The van der Waals surface area contributed by atoms with Gasteiger partial charge < -0.3 is 14.6 Å². The lowest BCUT2D eigenvalue weighted by Crippen LogP contribution is -2.47. The van der Waals surface area contributed by atoms with E-state index in [4.69, 9.17) is 9.47 Å². The molecule has 0 bridgehead atoms. The van der Waals surface area contributed by atoms with Crippen molar-refractivity contribution >= 4 is 5.97 Å². The maximum atomic E-state index is 11.7. The molecule has 1 N–H and O–H groups in total. The second-order valence-electron chi connectivity index (χ2n) is 7.02. The molecule has 5 heteroatoms. The molecule has 2 aromatic carbocycles. The van der Waals surface area contributed by atoms with Crippen LogP contribution < -0.4 is 4.74 Å². The number of likely N-dealkylation sites (tertiary alicyclic amines) is 1. The summed E-state index contributed by atoms with van der Waals surface area (Å²) in [7, 11) is 0. The number of rotatable bonds is 7. The van der Waals surface area contributed by atoms with Crippen molar-refractivity contribution in [2.24, 2.45) is 0 Å². The second kappa shape index (κ2) is 9.02. The van der Waals surface area contributed by atoms with Gasteiger partial charge in [0.2, 0.25) is 0 Å². The highest BCUT2D eigenvalue weighted by atomic mass is 16.5. The Kier molecular flexibility index (Phi) is 6.48. The molecular formula is C22H27NO4. The monoisotopic (exact) mass is 369 g/mol. The van der Waals surface area contributed by atoms with Crippen LogP contribution in [-0.2, 0) is 11.3 Å². The van der Waals surface area contributed by atoms with Crippen LogP contribution >= 0.6 is 0 Å². The molecule has 0 saturated carbocycles. The minimum Gasteiger partial charge on any atom is -0.491 e. The van der Waals surface area contributed by atoms with Gasteiger partial charge in [0.25, 0.3) is 0 Å². The van der Waals surface area contributed by atoms with Gasteiger partial charge in [-0.1, -0.05) is 30.3 Å². The van der Waals surface area contributed by atoms with Gasteiger partial charge in [-0.25, -0.2) is 4.79 Å². The van der Waals surface area contributed by atoms with E-state index in [9.17, 15) is 9.90 Å². The lowest BCUT2D eigenvalue weighted by molar-refractivity contribution is -0.0537. The molecular weight excluding hydrogens is 342 g/mol. The summed E-state index contributed by atoms with van der Waals surface area (Å²) in [6.45, 7) is 4.98. The fraction of sp³-hybridized carbons (Fsp3) is 0.409. The summed E-state index contributed by atoms with van der Waals surface area (Å²) < 4.78 is 10.7. The number of benzene rings is 2. The topological polar surface area (TPSA) is 59.0 Å². The molecule has 1 aliphatic rings. The molecule has 0 aliphatic carbocycles. The summed E-state index contributed by atoms with van der Waals surface area (Å²) in [5.41, 5.74) is 0.977. The van der Waals surface area contributed by atoms with Gasteiger partial charge in [0.15, 0.2) is 0 Å². The van der Waals surface area contributed by atoms with E-state index in [1.165, 1.54) is 5.56 Å². The summed E-state index contributed by atoms with van der Waals surface area (Å²) >= 11 is 0. The average molecular weight is 369 g/mol. The number of carbonyl (C=O) groups is 1. The van der Waals surface area contributed by atoms with Crippen molar-refractivity contribution in [2.75, 3.05) is 26.3 Å². The van der Waals surface area contributed by atoms with Crippen LogP contribution in [0.2, 0.25) is 0 Å². The fourth-order valence-electron chi connectivity index (χ4n) is 3.23. The van der Waals surface area contributed by atoms with Crippen LogP contribution in [0.4, 0.5) is 0 Å². The number of nitrogens with zero attached hydrogens (tertiary/aromatic N) is 1. The third-order valence-corrected chi connectivity index (χ3v) is 4.91. The zero-order chi connectivity index (χ0) is 19.1. The van der Waals surface area contributed by atoms with Crippen LogP contribution in [-0.4, -0.2) is 47.9 Å². The first-order valence-electron chi connectivity index (χ1n) is 9.47. The Morgan fingerprint density at radius 1 is 1.07 bits per heavy atom. The number of ether oxygens (including phenoxy) is 2. The summed E-state index contributed by atoms with van der Waals surface area (Å²) in [6, 6.07) is 17.2. The molecule has 0 aromatic heterocycles. The molecule has 3 rings (SSSR count). The van der Waals surface area contributed by atoms with Crippen LogP contribution in [0.5, 0.6) is 5.75 Å². The van der Waals surface area contributed by atoms with Gasteiger partial charge in [-0.15, -0.1) is 0 Å². The zero-order valence-corrected chi connectivity index (χ0v) is 15.8. The van der Waals surface area contributed by atoms with Crippen molar-refractivity contribution in [2.45, 2.75) is 31.9 Å². The van der Waals surface area contributed by atoms with Crippen LogP contribution in [0.15, 0.2) is 54.6 Å². The van der Waals surface area contributed by atoms with E-state index in [1.54, 1.807) is 31.2 Å². The number of hydrogen-bond donors (Lipinski definition) is 1. The molecule has 1 aliphatic heterocycles. The first-order valence-corrected chi connectivity index (χ1v) is 9.47. The standard InChI is InChI=1S/C22H27NO4/c1-2-26-21(24)19-8-10-20(11-9-19)27-17-22(25)12-14-23(15-13-22)16-18-6-4-3-5-7-18/h3-11,25H,2,12-17H2,1H3. The molecule has 0 radical (unpaired) electrons. The molecule has 0 unspecified atom stereocenters. The van der Waals surface area contributed by atoms with Crippen LogP contribution in [0, 0.1) is 0 Å². The van der Waals surface area contributed by atoms with Gasteiger partial charge in [0, 0.05) is 19.6 Å². The van der Waals surface area contributed by atoms with Crippen molar-refractivity contribution in [3.8, 4) is 5.75 Å². The minimum atomic E-state index is -0.812. The van der Waals surface area contributed by atoms with Gasteiger partial charge in [-0.2, -0.15) is 0 Å². The normalized spacial score (nSPS) is 16.7. The number of hydrogen-bond acceptors (Lipinski definition) is 5. The molecule has 2 aromatic rings. The third-order valence-electron chi connectivity index (χ3n) is 4.91. The molecule has 0 spiro atoms. The first kappa shape index (κ1) is 19.4. The lowest BCUT2D eigenvalue weighted by atomic mass is 9.92. The Morgan fingerprint density at radius 3 is 2.37 bits per heavy atom. The molecule has 1 fully saturated rings. The predicted octanol–water partition coefficient (Wildman–Crippen LogP) is 3.27. The fourth-order valence-corrected chi connectivity index (χ4v) is 3.23. The van der Waals surface area contributed by atoms with Crippen LogP contribution in [0.25, 0.3) is 0 Å². The first-order chi connectivity index (χ1) is 13.1. The third kappa shape index (κ3) is 5.55. The van der Waals surface area contributed by atoms with Gasteiger partial charge in [0.05, 0.1) is 12.2 Å². The number of carbonyl (C=O) groups excluding carboxylic acids is 1. The van der Waals surface area contributed by atoms with Crippen LogP contribution in [0.3, 0.4) is 0 Å². The highest BCUT2D eigenvalue weighted by molar-refractivity contribution is 5.89. The van der Waals surface area contributed by atoms with Crippen molar-refractivity contribution in [3.05, 3.63) is 65.7 Å². The number of piperidine rings is 1. The molecule has 1 saturated heterocycles. The molecule has 5 nitrogen and oxygen atoms in total. The minimum absolute atomic E-state index is 0.255. The van der Waals surface area contributed by atoms with Crippen molar-refractivity contribution in [1.82, 2.24) is 4.90 Å². The Balaban J connectivity index is 1.46. The van der Waals surface area contributed by atoms with Crippen molar-refractivity contribution in [1.29, 1.82) is 0 Å². The van der Waals surface area contributed by atoms with Crippen molar-refractivity contribution in [3.63, 3.8) is 0 Å². The quantitative estimate of drug-likeness (QED) is 0.759. The predicted molar refractivity (Wildman–Crippen MR) is 104 cm³/mol. The smallest absolute Gasteiger partial charge is 0.338 e. The maximum Gasteiger partial charge on any atom is 0.338 e. The van der Waals surface area contributed by atoms with Gasteiger partial charge >= 0.3 is 5.97 Å². The highest BCUT2D eigenvalue weighted by Crippen LogP contribution is 2.25. The molecule has 27 heavy (non-hydrogen) atoms. The Hall–Kier alpha value is -2.37. The molecule has 0 amide bonds. The molecule has 1 heterocycles. The Labute approximate surface area is 160 Å². The summed E-state index contributed by atoms with van der Waals surface area (Å²) in [6.07, 6.45) is 1.36. The summed E-state index contributed by atoms with van der Waals surface area (Å²) in [5, 5.41) is 10.8. The van der Waals surface area contributed by atoms with E-state index < -0.39 is 5.60 Å². The van der Waals surface area contributed by atoms with Crippen LogP contribution in [0.1, 0.15) is 35.7 Å². The largest absolute Gasteiger partial charge is 0.491 e. The Bertz CT molecular complexity index is 722.